The van der Waals surface area contributed by atoms with Gasteiger partial charge in [-0.25, -0.2) is 14.5 Å². The maximum atomic E-state index is 13.3. The molecule has 0 N–H and O–H groups in total. The van der Waals surface area contributed by atoms with Crippen molar-refractivity contribution >= 4 is 23.1 Å². The number of tetrazole rings is 1. The van der Waals surface area contributed by atoms with Gasteiger partial charge in [-0.3, -0.25) is 0 Å². The number of benzene rings is 5. The average Bonchev–Trinajstić information content (AvgIpc) is 4.06. The minimum Gasteiger partial charge on any atom is -0.466 e. The SMILES string of the molecule is CCCCc1nc(Cl)c(C(C)=C(C(=O)OC)C2CCCC2)n1Cc1ccc(-c2ccccc2-c2nnnn2C(c2ccccc2)(c2ccccc2)c2ccccc2)cc1. The van der Waals surface area contributed by atoms with Gasteiger partial charge < -0.3 is 9.30 Å². The van der Waals surface area contributed by atoms with Gasteiger partial charge in [-0.15, -0.1) is 5.10 Å². The summed E-state index contributed by atoms with van der Waals surface area (Å²) in [5.41, 5.74) is 8.65. The van der Waals surface area contributed by atoms with Crippen LogP contribution in [0.4, 0.5) is 0 Å². The van der Waals surface area contributed by atoms with Gasteiger partial charge in [-0.2, -0.15) is 0 Å². The molecule has 0 unspecified atom stereocenters. The number of hydrogen-bond donors (Lipinski definition) is 0. The van der Waals surface area contributed by atoms with Gasteiger partial charge in [0.1, 0.15) is 11.4 Å². The highest BCUT2D eigenvalue weighted by Gasteiger charge is 2.42. The van der Waals surface area contributed by atoms with E-state index in [-0.39, 0.29) is 11.9 Å². The lowest BCUT2D eigenvalue weighted by Crippen LogP contribution is -2.39. The first-order chi connectivity index (χ1) is 28.9. The Morgan fingerprint density at radius 3 is 1.90 bits per heavy atom. The number of allylic oxidation sites excluding steroid dienone is 1. The minimum atomic E-state index is -0.878. The third kappa shape index (κ3) is 7.65. The number of nitrogens with zero attached hydrogens (tertiary/aromatic N) is 6. The Balaban J connectivity index is 1.21. The fraction of sp³-hybridized carbons (Fsp3) is 0.260. The highest BCUT2D eigenvalue weighted by molar-refractivity contribution is 6.31. The van der Waals surface area contributed by atoms with Crippen molar-refractivity contribution in [2.24, 2.45) is 5.92 Å². The van der Waals surface area contributed by atoms with Gasteiger partial charge >= 0.3 is 5.97 Å². The van der Waals surface area contributed by atoms with Crippen molar-refractivity contribution < 1.29 is 9.53 Å². The van der Waals surface area contributed by atoms with E-state index in [1.54, 1.807) is 0 Å². The van der Waals surface area contributed by atoms with Crippen LogP contribution < -0.4 is 0 Å². The molecule has 0 amide bonds. The number of imidazole rings is 1. The average molecular weight is 801 g/mol. The molecule has 7 aromatic rings. The summed E-state index contributed by atoms with van der Waals surface area (Å²) in [6.45, 7) is 4.73. The molecule has 9 heteroatoms. The Bertz CT molecular complexity index is 2440. The van der Waals surface area contributed by atoms with Gasteiger partial charge in [0.15, 0.2) is 11.0 Å². The lowest BCUT2D eigenvalue weighted by atomic mass is 9.77. The summed E-state index contributed by atoms with van der Waals surface area (Å²) in [5, 5.41) is 14.3. The molecule has 0 bridgehead atoms. The second-order valence-electron chi connectivity index (χ2n) is 15.3. The number of hydrogen-bond acceptors (Lipinski definition) is 6. The van der Waals surface area contributed by atoms with Crippen LogP contribution in [0.15, 0.2) is 145 Å². The molecule has 1 saturated carbocycles. The highest BCUT2D eigenvalue weighted by atomic mass is 35.5. The van der Waals surface area contributed by atoms with E-state index in [1.165, 1.54) is 7.11 Å². The van der Waals surface area contributed by atoms with Gasteiger partial charge in [0.05, 0.1) is 12.8 Å². The number of aryl methyl sites for hydroxylation is 1. The lowest BCUT2D eigenvalue weighted by Gasteiger charge is -2.36. The number of esters is 1. The molecule has 298 valence electrons. The molecule has 0 radical (unpaired) electrons. The smallest absolute Gasteiger partial charge is 0.334 e. The van der Waals surface area contributed by atoms with Crippen molar-refractivity contribution in [1.29, 1.82) is 0 Å². The minimum absolute atomic E-state index is 0.152. The van der Waals surface area contributed by atoms with Crippen molar-refractivity contribution in [3.05, 3.63) is 184 Å². The number of aromatic nitrogens is 6. The molecular formula is C50H49ClN6O2. The quantitative estimate of drug-likeness (QED) is 0.0618. The van der Waals surface area contributed by atoms with Gasteiger partial charge in [0.25, 0.3) is 0 Å². The molecule has 8 rings (SSSR count). The number of methoxy groups -OCH3 is 1. The third-order valence-corrected chi connectivity index (χ3v) is 12.1. The van der Waals surface area contributed by atoms with Gasteiger partial charge in [0, 0.05) is 24.1 Å². The van der Waals surface area contributed by atoms with Crippen LogP contribution in [0.5, 0.6) is 0 Å². The first kappa shape index (κ1) is 39.7. The van der Waals surface area contributed by atoms with Gasteiger partial charge in [0.2, 0.25) is 0 Å². The number of ether oxygens (including phenoxy) is 1. The van der Waals surface area contributed by atoms with Crippen LogP contribution in [0.1, 0.15) is 86.1 Å². The summed E-state index contributed by atoms with van der Waals surface area (Å²) in [5.74, 6) is 1.43. The third-order valence-electron chi connectivity index (χ3n) is 11.8. The second kappa shape index (κ2) is 17.8. The van der Waals surface area contributed by atoms with Crippen LogP contribution in [0.2, 0.25) is 5.15 Å². The van der Waals surface area contributed by atoms with Crippen LogP contribution in [0.25, 0.3) is 28.1 Å². The lowest BCUT2D eigenvalue weighted by molar-refractivity contribution is -0.136. The van der Waals surface area contributed by atoms with E-state index in [1.807, 2.05) is 35.9 Å². The largest absolute Gasteiger partial charge is 0.466 e. The van der Waals surface area contributed by atoms with E-state index in [0.29, 0.717) is 17.5 Å². The van der Waals surface area contributed by atoms with E-state index in [2.05, 4.69) is 132 Å². The zero-order valence-electron chi connectivity index (χ0n) is 33.9. The Hall–Kier alpha value is -6.12. The highest BCUT2D eigenvalue weighted by Crippen LogP contribution is 2.44. The van der Waals surface area contributed by atoms with E-state index in [0.717, 1.165) is 107 Å². The summed E-state index contributed by atoms with van der Waals surface area (Å²) in [6, 6.07) is 48.3. The number of halogens is 1. The van der Waals surface area contributed by atoms with Crippen molar-refractivity contribution in [2.75, 3.05) is 7.11 Å². The van der Waals surface area contributed by atoms with Gasteiger partial charge in [-0.05, 0) is 81.5 Å². The van der Waals surface area contributed by atoms with Crippen molar-refractivity contribution in [3.8, 4) is 22.5 Å². The summed E-state index contributed by atoms with van der Waals surface area (Å²) in [7, 11) is 1.46. The van der Waals surface area contributed by atoms with Crippen LogP contribution in [0.3, 0.4) is 0 Å². The van der Waals surface area contributed by atoms with E-state index in [9.17, 15) is 4.79 Å². The zero-order chi connectivity index (χ0) is 40.8. The molecule has 1 aliphatic rings. The Kier molecular flexibility index (Phi) is 12.0. The fourth-order valence-corrected chi connectivity index (χ4v) is 9.33. The van der Waals surface area contributed by atoms with Crippen LogP contribution in [0, 0.1) is 5.92 Å². The molecule has 0 saturated heterocycles. The normalized spacial score (nSPS) is 13.7. The van der Waals surface area contributed by atoms with Gasteiger partial charge in [-0.1, -0.05) is 177 Å². The molecule has 0 atom stereocenters. The zero-order valence-corrected chi connectivity index (χ0v) is 34.6. The Labute approximate surface area is 351 Å². The van der Waals surface area contributed by atoms with Crippen LogP contribution in [-0.4, -0.2) is 42.8 Å². The maximum absolute atomic E-state index is 13.3. The molecule has 1 fully saturated rings. The van der Waals surface area contributed by atoms with E-state index < -0.39 is 5.54 Å². The molecular weight excluding hydrogens is 752 g/mol. The van der Waals surface area contributed by atoms with E-state index >= 15 is 0 Å². The predicted molar refractivity (Wildman–Crippen MR) is 235 cm³/mol. The Morgan fingerprint density at radius 2 is 1.34 bits per heavy atom. The summed E-state index contributed by atoms with van der Waals surface area (Å²) in [4.78, 5) is 18.2. The van der Waals surface area contributed by atoms with Crippen molar-refractivity contribution in [1.82, 2.24) is 29.8 Å². The molecule has 5 aromatic carbocycles. The second-order valence-corrected chi connectivity index (χ2v) is 15.7. The predicted octanol–water partition coefficient (Wildman–Crippen LogP) is 11.2. The monoisotopic (exact) mass is 800 g/mol. The summed E-state index contributed by atoms with van der Waals surface area (Å²) in [6.07, 6.45) is 6.95. The van der Waals surface area contributed by atoms with Crippen molar-refractivity contribution in [2.45, 2.75) is 70.9 Å². The van der Waals surface area contributed by atoms with Crippen LogP contribution in [-0.2, 0) is 28.0 Å². The standard InChI is InChI=1S/C50H49ClN6O2/c1-4-5-29-44-52-47(51)46(35(2)45(49(58)59-3)38-19-15-16-20-38)56(44)34-36-30-32-37(33-31-36)42-27-17-18-28-43(42)48-53-54-55-57(48)50(39-21-9-6-10-22-39,40-23-11-7-12-24-40)41-25-13-8-14-26-41/h6-14,17-18,21-28,30-33,38H,4-5,15-16,19-20,29,34H2,1-3H3. The molecule has 0 aliphatic heterocycles. The topological polar surface area (TPSA) is 87.7 Å². The molecule has 1 aliphatic carbocycles. The molecule has 2 heterocycles. The first-order valence-corrected chi connectivity index (χ1v) is 21.0. The molecule has 0 spiro atoms. The Morgan fingerprint density at radius 1 is 0.780 bits per heavy atom. The molecule has 59 heavy (non-hydrogen) atoms. The molecule has 8 nitrogen and oxygen atoms in total. The van der Waals surface area contributed by atoms with Crippen molar-refractivity contribution in [3.63, 3.8) is 0 Å². The van der Waals surface area contributed by atoms with Crippen LogP contribution >= 0.6 is 11.6 Å². The number of carbonyl (C=O) groups is 1. The number of rotatable bonds is 14. The maximum Gasteiger partial charge on any atom is 0.334 e. The summed E-state index contributed by atoms with van der Waals surface area (Å²) < 4.78 is 9.52. The first-order valence-electron chi connectivity index (χ1n) is 20.6. The number of unbranched alkanes of at least 4 members (excludes halogenated alkanes) is 1. The summed E-state index contributed by atoms with van der Waals surface area (Å²) >= 11 is 6.99. The molecule has 2 aromatic heterocycles. The van der Waals surface area contributed by atoms with E-state index in [4.69, 9.17) is 31.6 Å². The number of carbonyl (C=O) groups excluding carboxylic acids is 1. The fourth-order valence-electron chi connectivity index (χ4n) is 8.99.